The van der Waals surface area contributed by atoms with Crippen LogP contribution in [0.5, 0.6) is 11.5 Å². The average molecular weight is 657 g/mol. The number of rotatable bonds is 6. The number of phenols is 1. The third-order valence-corrected chi connectivity index (χ3v) is 9.14. The number of amides is 2. The van der Waals surface area contributed by atoms with E-state index in [0.717, 1.165) is 47.7 Å². The summed E-state index contributed by atoms with van der Waals surface area (Å²) in [5, 5.41) is 25.1. The molecular formula is C35H41ClN8O3. The number of nitrogens with one attached hydrogen (secondary N) is 2. The van der Waals surface area contributed by atoms with Gasteiger partial charge in [-0.05, 0) is 74.7 Å². The van der Waals surface area contributed by atoms with E-state index < -0.39 is 6.03 Å². The molecule has 2 aromatic heterocycles. The van der Waals surface area contributed by atoms with Crippen molar-refractivity contribution in [1.29, 1.82) is 0 Å². The van der Waals surface area contributed by atoms with Crippen LogP contribution in [0.15, 0.2) is 77.6 Å². The van der Waals surface area contributed by atoms with Gasteiger partial charge in [-0.3, -0.25) is 14.6 Å². The molecule has 0 bridgehead atoms. The van der Waals surface area contributed by atoms with E-state index in [0.29, 0.717) is 24.2 Å². The lowest BCUT2D eigenvalue weighted by molar-refractivity contribution is 0.171. The number of aromatic hydroxyl groups is 1. The Bertz CT molecular complexity index is 1850. The summed E-state index contributed by atoms with van der Waals surface area (Å²) >= 11 is 5.98. The van der Waals surface area contributed by atoms with E-state index in [9.17, 15) is 9.90 Å². The average Bonchev–Trinajstić information content (AvgIpc) is 3.64. The van der Waals surface area contributed by atoms with Crippen molar-refractivity contribution in [3.05, 3.63) is 94.5 Å². The first-order valence-electron chi connectivity index (χ1n) is 15.9. The first-order valence-corrected chi connectivity index (χ1v) is 16.3. The van der Waals surface area contributed by atoms with E-state index in [1.54, 1.807) is 18.2 Å². The second kappa shape index (κ2) is 13.2. The minimum Gasteiger partial charge on any atom is -0.506 e. The number of allylic oxidation sites excluding steroid dienone is 1. The van der Waals surface area contributed by atoms with Crippen molar-refractivity contribution >= 4 is 34.8 Å². The summed E-state index contributed by atoms with van der Waals surface area (Å²) in [5.74, 6) is 1.79. The fourth-order valence-corrected chi connectivity index (χ4v) is 6.21. The third kappa shape index (κ3) is 7.21. The lowest BCUT2D eigenvalue weighted by atomic mass is 9.85. The molecule has 12 heteroatoms. The van der Waals surface area contributed by atoms with E-state index in [1.807, 2.05) is 61.7 Å². The van der Waals surface area contributed by atoms with Crippen molar-refractivity contribution < 1.29 is 14.6 Å². The van der Waals surface area contributed by atoms with E-state index in [1.165, 1.54) is 6.07 Å². The summed E-state index contributed by atoms with van der Waals surface area (Å²) in [7, 11) is 2.12. The van der Waals surface area contributed by atoms with Gasteiger partial charge in [0.25, 0.3) is 0 Å². The predicted octanol–water partition coefficient (Wildman–Crippen LogP) is 6.73. The van der Waals surface area contributed by atoms with Crippen molar-refractivity contribution in [2.75, 3.05) is 13.6 Å². The lowest BCUT2D eigenvalue weighted by Gasteiger charge is -2.32. The zero-order chi connectivity index (χ0) is 33.3. The number of phenolic OH excluding ortho intramolecular Hbond substituents is 1. The number of amidine groups is 1. The maximum Gasteiger partial charge on any atom is 0.320 e. The Morgan fingerprint density at radius 1 is 1.11 bits per heavy atom. The van der Waals surface area contributed by atoms with Crippen LogP contribution in [0.2, 0.25) is 5.02 Å². The highest BCUT2D eigenvalue weighted by Gasteiger charge is 2.31. The van der Waals surface area contributed by atoms with Crippen molar-refractivity contribution in [2.24, 2.45) is 16.1 Å². The molecule has 246 valence electrons. The molecule has 2 amide bonds. The number of aromatic nitrogens is 3. The normalized spacial score (nSPS) is 20.7. The van der Waals surface area contributed by atoms with Crippen LogP contribution in [-0.2, 0) is 0 Å². The molecule has 2 aromatic carbocycles. The fraction of sp³-hybridized carbons (Fsp3) is 0.371. The molecule has 1 unspecified atom stereocenters. The van der Waals surface area contributed by atoms with E-state index in [2.05, 4.69) is 43.8 Å². The van der Waals surface area contributed by atoms with Gasteiger partial charge in [0.1, 0.15) is 23.4 Å². The van der Waals surface area contributed by atoms with E-state index in [-0.39, 0.29) is 40.2 Å². The number of benzene rings is 2. The van der Waals surface area contributed by atoms with Gasteiger partial charge in [0.15, 0.2) is 11.5 Å². The SMILES string of the molecule is CN1CCC[C@H]1c1nnc2ccc(O[C@@H]3CCC(NC(=O)NC(C=C(N)C(C)(C)C)=Nc4ccc(Cl)c(O)c4)c4ccccc43)cn12. The van der Waals surface area contributed by atoms with Crippen molar-refractivity contribution in [3.8, 4) is 11.5 Å². The van der Waals surface area contributed by atoms with Crippen LogP contribution in [0.4, 0.5) is 10.5 Å². The van der Waals surface area contributed by atoms with Gasteiger partial charge in [-0.15, -0.1) is 10.2 Å². The number of fused-ring (bicyclic) bond motifs is 2. The lowest BCUT2D eigenvalue weighted by Crippen LogP contribution is -2.42. The minimum absolute atomic E-state index is 0.108. The number of carbonyl (C=O) groups excluding carboxylic acids is 1. The zero-order valence-corrected chi connectivity index (χ0v) is 27.8. The molecule has 6 rings (SSSR count). The van der Waals surface area contributed by atoms with E-state index >= 15 is 0 Å². The van der Waals surface area contributed by atoms with Gasteiger partial charge in [0, 0.05) is 23.3 Å². The Labute approximate surface area is 279 Å². The number of ether oxygens (including phenoxy) is 1. The Kier molecular flexibility index (Phi) is 9.11. The van der Waals surface area contributed by atoms with Gasteiger partial charge in [0.05, 0.1) is 29.0 Å². The molecule has 47 heavy (non-hydrogen) atoms. The molecule has 1 aliphatic carbocycles. The Morgan fingerprint density at radius 3 is 2.62 bits per heavy atom. The van der Waals surface area contributed by atoms with Gasteiger partial charge in [-0.1, -0.05) is 56.6 Å². The van der Waals surface area contributed by atoms with E-state index in [4.69, 9.17) is 22.1 Å². The second-order valence-corrected chi connectivity index (χ2v) is 13.6. The highest BCUT2D eigenvalue weighted by Crippen LogP contribution is 2.39. The van der Waals surface area contributed by atoms with Crippen LogP contribution < -0.4 is 21.1 Å². The number of aliphatic imine (C=N–C) groups is 1. The molecule has 0 saturated carbocycles. The predicted molar refractivity (Wildman–Crippen MR) is 183 cm³/mol. The number of likely N-dealkylation sites (tertiary alicyclic amines) is 1. The highest BCUT2D eigenvalue weighted by atomic mass is 35.5. The molecule has 5 N–H and O–H groups in total. The van der Waals surface area contributed by atoms with Crippen LogP contribution in [-0.4, -0.2) is 50.1 Å². The molecule has 11 nitrogen and oxygen atoms in total. The quantitative estimate of drug-likeness (QED) is 0.133. The van der Waals surface area contributed by atoms with Crippen molar-refractivity contribution in [1.82, 2.24) is 30.1 Å². The van der Waals surface area contributed by atoms with Gasteiger partial charge in [0.2, 0.25) is 0 Å². The van der Waals surface area contributed by atoms with Crippen LogP contribution in [0, 0.1) is 5.41 Å². The Hall–Kier alpha value is -4.61. The summed E-state index contributed by atoms with van der Waals surface area (Å²) in [5.41, 5.74) is 9.74. The Balaban J connectivity index is 1.20. The highest BCUT2D eigenvalue weighted by molar-refractivity contribution is 6.32. The first kappa shape index (κ1) is 32.3. The van der Waals surface area contributed by atoms with Crippen LogP contribution in [0.25, 0.3) is 5.65 Å². The summed E-state index contributed by atoms with van der Waals surface area (Å²) < 4.78 is 8.63. The first-order chi connectivity index (χ1) is 22.5. The monoisotopic (exact) mass is 656 g/mol. The molecule has 4 aromatic rings. The zero-order valence-electron chi connectivity index (χ0n) is 27.1. The summed E-state index contributed by atoms with van der Waals surface area (Å²) in [6.07, 6.45) is 6.98. The largest absolute Gasteiger partial charge is 0.506 e. The van der Waals surface area contributed by atoms with Crippen molar-refractivity contribution in [2.45, 2.75) is 64.6 Å². The van der Waals surface area contributed by atoms with Crippen molar-refractivity contribution in [3.63, 3.8) is 0 Å². The number of pyridine rings is 1. The van der Waals surface area contributed by atoms with Crippen LogP contribution in [0.1, 0.15) is 81.6 Å². The van der Waals surface area contributed by atoms with Gasteiger partial charge < -0.3 is 20.9 Å². The molecule has 1 aliphatic heterocycles. The molecule has 0 radical (unpaired) electrons. The topological polar surface area (TPSA) is 142 Å². The summed E-state index contributed by atoms with van der Waals surface area (Å²) in [6, 6.07) is 16.1. The third-order valence-electron chi connectivity index (χ3n) is 8.82. The van der Waals surface area contributed by atoms with Gasteiger partial charge in [-0.2, -0.15) is 0 Å². The molecule has 2 aliphatic rings. The number of urea groups is 1. The molecule has 3 heterocycles. The number of nitrogens with zero attached hydrogens (tertiary/aromatic N) is 5. The van der Waals surface area contributed by atoms with Gasteiger partial charge in [-0.25, -0.2) is 9.79 Å². The summed E-state index contributed by atoms with van der Waals surface area (Å²) in [6.45, 7) is 6.96. The number of hydrogen-bond acceptors (Lipinski definition) is 8. The molecule has 0 spiro atoms. The number of carbonyl (C=O) groups is 1. The standard InChI is InChI=1S/C35H41ClN8O3/c1-35(2,3)30(37)19-31(38-21-11-13-25(36)28(45)18-21)40-34(46)39-26-14-15-29(24-9-6-5-8-23(24)26)47-22-12-16-32-41-42-33(44(32)20-22)27-10-7-17-43(27)4/h5-6,8-9,11-13,16,18-20,26-27,29,45H,7,10,14-15,17,37H2,1-4H3,(H2,38,39,40,46)/t26?,27-,29+/m0/s1. The minimum atomic E-state index is -0.429. The van der Waals surface area contributed by atoms with Crippen LogP contribution in [0.3, 0.4) is 0 Å². The Morgan fingerprint density at radius 2 is 1.89 bits per heavy atom. The smallest absolute Gasteiger partial charge is 0.320 e. The van der Waals surface area contributed by atoms with Crippen LogP contribution >= 0.6 is 11.6 Å². The maximum atomic E-state index is 13.4. The molecule has 1 saturated heterocycles. The number of hydrogen-bond donors (Lipinski definition) is 4. The maximum absolute atomic E-state index is 13.4. The molecular weight excluding hydrogens is 616 g/mol. The molecule has 1 fully saturated rings. The van der Waals surface area contributed by atoms with Gasteiger partial charge >= 0.3 is 6.03 Å². The summed E-state index contributed by atoms with van der Waals surface area (Å²) in [4.78, 5) is 20.3. The molecule has 3 atom stereocenters. The second-order valence-electron chi connectivity index (χ2n) is 13.2. The number of nitrogens with two attached hydrogens (primary N) is 1. The fourth-order valence-electron chi connectivity index (χ4n) is 6.09. The number of halogens is 1.